The van der Waals surface area contributed by atoms with Crippen LogP contribution >= 0.6 is 49.9 Å². The number of allylic oxidation sites excluding steroid dienone is 1. The molecule has 0 fully saturated rings. The summed E-state index contributed by atoms with van der Waals surface area (Å²) in [6.07, 6.45) is 3.48. The van der Waals surface area contributed by atoms with Gasteiger partial charge in [-0.1, -0.05) is 63.7 Å². The summed E-state index contributed by atoms with van der Waals surface area (Å²) in [4.78, 5) is 19.6. The molecule has 2 heterocycles. The van der Waals surface area contributed by atoms with Crippen LogP contribution in [0.4, 0.5) is 0 Å². The SMILES string of the molecule is COc1cccc([C@H]2C3=C(N=c4s/c(=C\c5cc(Br)cc(I)c5O)c(=O)n42)c2ccccc2CC3)c1. The second kappa shape index (κ2) is 9.32. The maximum atomic E-state index is 13.9. The highest BCUT2D eigenvalue weighted by atomic mass is 127. The number of aryl methyl sites for hydroxylation is 1. The maximum absolute atomic E-state index is 13.9. The van der Waals surface area contributed by atoms with Crippen molar-refractivity contribution in [2.45, 2.75) is 18.9 Å². The quantitative estimate of drug-likeness (QED) is 0.297. The third-order valence-corrected chi connectivity index (χ3v) is 8.89. The molecule has 0 spiro atoms. The van der Waals surface area contributed by atoms with E-state index in [1.807, 2.05) is 42.5 Å². The van der Waals surface area contributed by atoms with E-state index in [0.717, 1.165) is 45.5 Å². The van der Waals surface area contributed by atoms with Crippen LogP contribution in [0.15, 0.2) is 80.5 Å². The van der Waals surface area contributed by atoms with Gasteiger partial charge in [0.2, 0.25) is 0 Å². The molecular weight excluding hydrogens is 651 g/mol. The molecule has 1 aliphatic heterocycles. The van der Waals surface area contributed by atoms with Crippen molar-refractivity contribution < 1.29 is 9.84 Å². The Labute approximate surface area is 233 Å². The highest BCUT2D eigenvalue weighted by Gasteiger charge is 2.32. The third kappa shape index (κ3) is 3.95. The fraction of sp³-hybridized carbons (Fsp3) is 0.143. The predicted molar refractivity (Wildman–Crippen MR) is 154 cm³/mol. The van der Waals surface area contributed by atoms with Crippen molar-refractivity contribution in [3.63, 3.8) is 0 Å². The molecule has 8 heteroatoms. The van der Waals surface area contributed by atoms with E-state index in [4.69, 9.17) is 9.73 Å². The molecule has 1 N–H and O–H groups in total. The van der Waals surface area contributed by atoms with E-state index in [2.05, 4.69) is 56.7 Å². The van der Waals surface area contributed by atoms with Gasteiger partial charge < -0.3 is 9.84 Å². The van der Waals surface area contributed by atoms with Crippen LogP contribution in [0.5, 0.6) is 11.5 Å². The van der Waals surface area contributed by atoms with Gasteiger partial charge in [-0.15, -0.1) is 0 Å². The summed E-state index contributed by atoms with van der Waals surface area (Å²) in [5.74, 6) is 0.904. The van der Waals surface area contributed by atoms with E-state index in [9.17, 15) is 9.90 Å². The molecule has 1 atom stereocenters. The number of rotatable bonds is 3. The van der Waals surface area contributed by atoms with E-state index in [1.165, 1.54) is 16.9 Å². The number of hydrogen-bond donors (Lipinski definition) is 1. The number of ether oxygens (including phenoxy) is 1. The van der Waals surface area contributed by atoms with Gasteiger partial charge in [0.1, 0.15) is 11.5 Å². The molecule has 0 saturated heterocycles. The summed E-state index contributed by atoms with van der Waals surface area (Å²) in [6, 6.07) is 19.7. The van der Waals surface area contributed by atoms with Crippen LogP contribution in [0.3, 0.4) is 0 Å². The van der Waals surface area contributed by atoms with Crippen molar-refractivity contribution in [2.75, 3.05) is 7.11 Å². The predicted octanol–water partition coefficient (Wildman–Crippen LogP) is 5.40. The molecule has 36 heavy (non-hydrogen) atoms. The van der Waals surface area contributed by atoms with E-state index >= 15 is 0 Å². The molecule has 1 aromatic heterocycles. The van der Waals surface area contributed by atoms with Gasteiger partial charge in [-0.2, -0.15) is 0 Å². The lowest BCUT2D eigenvalue weighted by molar-refractivity contribution is 0.413. The van der Waals surface area contributed by atoms with Gasteiger partial charge in [0, 0.05) is 15.6 Å². The standard InChI is InChI=1S/C28H20BrIN2O3S/c1-35-19-7-4-6-16(12-19)25-21-10-9-15-5-2-3-8-20(15)24(21)31-28-32(25)27(34)23(36-28)13-17-11-18(29)14-22(30)26(17)33/h2-8,11-14,25,33H,9-10H2,1H3/b23-13-/t25-/m0/s1. The first-order chi connectivity index (χ1) is 17.4. The van der Waals surface area contributed by atoms with Gasteiger partial charge in [0.25, 0.3) is 5.56 Å². The Morgan fingerprint density at radius 3 is 2.83 bits per heavy atom. The number of thiazole rings is 1. The number of benzene rings is 3. The number of phenols is 1. The molecular formula is C28H20BrIN2O3S. The van der Waals surface area contributed by atoms with Gasteiger partial charge in [-0.05, 0) is 82.5 Å². The zero-order chi connectivity index (χ0) is 25.0. The lowest BCUT2D eigenvalue weighted by atomic mass is 9.83. The smallest absolute Gasteiger partial charge is 0.271 e. The zero-order valence-electron chi connectivity index (χ0n) is 19.2. The highest BCUT2D eigenvalue weighted by Crippen LogP contribution is 2.41. The summed E-state index contributed by atoms with van der Waals surface area (Å²) in [7, 11) is 1.65. The summed E-state index contributed by atoms with van der Waals surface area (Å²) >= 11 is 6.93. The summed E-state index contributed by atoms with van der Waals surface area (Å²) in [6.45, 7) is 0. The van der Waals surface area contributed by atoms with E-state index < -0.39 is 0 Å². The Morgan fingerprint density at radius 1 is 1.17 bits per heavy atom. The van der Waals surface area contributed by atoms with Crippen molar-refractivity contribution in [1.82, 2.24) is 4.57 Å². The number of methoxy groups -OCH3 is 1. The molecule has 0 bridgehead atoms. The van der Waals surface area contributed by atoms with Gasteiger partial charge in [0.05, 0.1) is 27.0 Å². The first kappa shape index (κ1) is 23.7. The Bertz CT molecular complexity index is 1760. The van der Waals surface area contributed by atoms with Gasteiger partial charge in [-0.25, -0.2) is 4.99 Å². The topological polar surface area (TPSA) is 63.8 Å². The molecule has 4 aromatic rings. The van der Waals surface area contributed by atoms with E-state index in [-0.39, 0.29) is 17.4 Å². The average molecular weight is 671 g/mol. The number of aromatic hydroxyl groups is 1. The Hall–Kier alpha value is -2.69. The third-order valence-electron chi connectivity index (χ3n) is 6.63. The largest absolute Gasteiger partial charge is 0.506 e. The molecule has 180 valence electrons. The molecule has 0 radical (unpaired) electrons. The molecule has 3 aromatic carbocycles. The van der Waals surface area contributed by atoms with E-state index in [1.54, 1.807) is 17.8 Å². The zero-order valence-corrected chi connectivity index (χ0v) is 23.7. The molecule has 0 amide bonds. The van der Waals surface area contributed by atoms with Crippen molar-refractivity contribution in [3.05, 3.63) is 116 Å². The van der Waals surface area contributed by atoms with Crippen molar-refractivity contribution in [1.29, 1.82) is 0 Å². The lowest BCUT2D eigenvalue weighted by Gasteiger charge is -2.31. The fourth-order valence-electron chi connectivity index (χ4n) is 4.97. The van der Waals surface area contributed by atoms with Crippen molar-refractivity contribution in [2.24, 2.45) is 4.99 Å². The minimum absolute atomic E-state index is 0.119. The van der Waals surface area contributed by atoms with Gasteiger partial charge in [-0.3, -0.25) is 9.36 Å². The second-order valence-corrected chi connectivity index (χ2v) is 11.8. The van der Waals surface area contributed by atoms with Gasteiger partial charge >= 0.3 is 0 Å². The van der Waals surface area contributed by atoms with E-state index in [0.29, 0.717) is 18.5 Å². The molecule has 0 saturated carbocycles. The van der Waals surface area contributed by atoms with Crippen LogP contribution in [0, 0.1) is 3.57 Å². The number of halogens is 2. The minimum Gasteiger partial charge on any atom is -0.506 e. The maximum Gasteiger partial charge on any atom is 0.271 e. The molecule has 5 nitrogen and oxygen atoms in total. The first-order valence-electron chi connectivity index (χ1n) is 11.4. The molecule has 0 unspecified atom stereocenters. The summed E-state index contributed by atoms with van der Waals surface area (Å²) in [5.41, 5.74) is 5.96. The lowest BCUT2D eigenvalue weighted by Crippen LogP contribution is -2.38. The van der Waals surface area contributed by atoms with Crippen LogP contribution in [-0.4, -0.2) is 16.8 Å². The van der Waals surface area contributed by atoms with Crippen LogP contribution in [-0.2, 0) is 6.42 Å². The summed E-state index contributed by atoms with van der Waals surface area (Å²) < 4.78 is 9.39. The Balaban J connectivity index is 1.64. The Kier molecular flexibility index (Phi) is 6.13. The molecule has 1 aliphatic carbocycles. The van der Waals surface area contributed by atoms with Gasteiger partial charge in [0.15, 0.2) is 4.80 Å². The molecule has 6 rings (SSSR count). The van der Waals surface area contributed by atoms with Crippen LogP contribution in [0.1, 0.15) is 34.7 Å². The van der Waals surface area contributed by atoms with Crippen LogP contribution < -0.4 is 19.6 Å². The summed E-state index contributed by atoms with van der Waals surface area (Å²) in [5, 5.41) is 10.6. The fourth-order valence-corrected chi connectivity index (χ4v) is 7.51. The first-order valence-corrected chi connectivity index (χ1v) is 14.1. The van der Waals surface area contributed by atoms with Crippen molar-refractivity contribution in [3.8, 4) is 11.5 Å². The second-order valence-electron chi connectivity index (χ2n) is 8.72. The van der Waals surface area contributed by atoms with Crippen LogP contribution in [0.2, 0.25) is 0 Å². The molecule has 2 aliphatic rings. The Morgan fingerprint density at radius 2 is 2.00 bits per heavy atom. The number of nitrogens with zero attached hydrogens (tertiary/aromatic N) is 2. The number of fused-ring (bicyclic) bond motifs is 3. The minimum atomic E-state index is -0.280. The average Bonchev–Trinajstić information content (AvgIpc) is 3.20. The monoisotopic (exact) mass is 670 g/mol. The number of phenolic OH excluding ortho intramolecular Hbond substituents is 1. The normalized spacial score (nSPS) is 16.8. The number of aromatic nitrogens is 1. The number of hydrogen-bond acceptors (Lipinski definition) is 5. The van der Waals surface area contributed by atoms with Crippen LogP contribution in [0.25, 0.3) is 11.8 Å². The van der Waals surface area contributed by atoms with Crippen molar-refractivity contribution >= 4 is 61.6 Å². The highest BCUT2D eigenvalue weighted by molar-refractivity contribution is 14.1.